The molecular formula is C12H22N2O3. The zero-order chi connectivity index (χ0) is 12.3. The summed E-state index contributed by atoms with van der Waals surface area (Å²) in [4.78, 5) is 14.1. The number of rotatable bonds is 1. The van der Waals surface area contributed by atoms with Crippen molar-refractivity contribution in [3.8, 4) is 0 Å². The number of hydrogen-bond donors (Lipinski definition) is 1. The number of carbonyl (C=O) groups is 1. The Balaban J connectivity index is 1.88. The van der Waals surface area contributed by atoms with Crippen molar-refractivity contribution >= 4 is 6.03 Å². The average molecular weight is 242 g/mol. The van der Waals surface area contributed by atoms with Crippen LogP contribution in [0.5, 0.6) is 0 Å². The molecule has 0 aromatic heterocycles. The van der Waals surface area contributed by atoms with Crippen molar-refractivity contribution < 1.29 is 14.3 Å². The fraction of sp³-hybridized carbons (Fsp3) is 0.917. The van der Waals surface area contributed by atoms with Crippen molar-refractivity contribution in [2.45, 2.75) is 44.8 Å². The van der Waals surface area contributed by atoms with E-state index in [1.807, 2.05) is 18.7 Å². The first kappa shape index (κ1) is 12.6. The number of amides is 2. The van der Waals surface area contributed by atoms with Gasteiger partial charge in [0, 0.05) is 19.3 Å². The SMILES string of the molecule is CC1COCC(C)N1C(=O)NC1CCOCC1. The topological polar surface area (TPSA) is 50.8 Å². The second-order valence-corrected chi connectivity index (χ2v) is 4.98. The Morgan fingerprint density at radius 1 is 1.12 bits per heavy atom. The molecule has 5 nitrogen and oxygen atoms in total. The van der Waals surface area contributed by atoms with Gasteiger partial charge in [-0.15, -0.1) is 0 Å². The highest BCUT2D eigenvalue weighted by atomic mass is 16.5. The molecule has 2 heterocycles. The summed E-state index contributed by atoms with van der Waals surface area (Å²) in [7, 11) is 0. The standard InChI is InChI=1S/C12H22N2O3/c1-9-7-17-8-10(2)14(9)12(15)13-11-3-5-16-6-4-11/h9-11H,3-8H2,1-2H3,(H,13,15). The van der Waals surface area contributed by atoms with Crippen molar-refractivity contribution in [3.05, 3.63) is 0 Å². The minimum absolute atomic E-state index is 0.0419. The smallest absolute Gasteiger partial charge is 0.318 e. The summed E-state index contributed by atoms with van der Waals surface area (Å²) >= 11 is 0. The van der Waals surface area contributed by atoms with Crippen LogP contribution in [-0.4, -0.2) is 55.5 Å². The first-order valence-corrected chi connectivity index (χ1v) is 6.43. The minimum Gasteiger partial charge on any atom is -0.381 e. The molecule has 0 bridgehead atoms. The van der Waals surface area contributed by atoms with E-state index in [0.717, 1.165) is 26.1 Å². The largest absolute Gasteiger partial charge is 0.381 e. The van der Waals surface area contributed by atoms with Crippen LogP contribution in [0.15, 0.2) is 0 Å². The van der Waals surface area contributed by atoms with E-state index in [4.69, 9.17) is 9.47 Å². The molecule has 17 heavy (non-hydrogen) atoms. The van der Waals surface area contributed by atoms with Crippen LogP contribution in [0.2, 0.25) is 0 Å². The van der Waals surface area contributed by atoms with Gasteiger partial charge in [0.15, 0.2) is 0 Å². The lowest BCUT2D eigenvalue weighted by molar-refractivity contribution is -0.0158. The highest BCUT2D eigenvalue weighted by molar-refractivity contribution is 5.75. The summed E-state index contributed by atoms with van der Waals surface area (Å²) in [5, 5.41) is 3.10. The van der Waals surface area contributed by atoms with Gasteiger partial charge < -0.3 is 19.7 Å². The Bertz CT molecular complexity index is 256. The van der Waals surface area contributed by atoms with Gasteiger partial charge in [0.05, 0.1) is 25.3 Å². The summed E-state index contributed by atoms with van der Waals surface area (Å²) in [5.41, 5.74) is 0. The van der Waals surface area contributed by atoms with Crippen LogP contribution < -0.4 is 5.32 Å². The molecule has 2 saturated heterocycles. The molecule has 0 aromatic rings. The molecule has 2 aliphatic heterocycles. The van der Waals surface area contributed by atoms with E-state index in [1.54, 1.807) is 0 Å². The quantitative estimate of drug-likeness (QED) is 0.746. The van der Waals surface area contributed by atoms with Crippen LogP contribution in [0.1, 0.15) is 26.7 Å². The summed E-state index contributed by atoms with van der Waals surface area (Å²) in [6.07, 6.45) is 1.83. The van der Waals surface area contributed by atoms with Gasteiger partial charge in [-0.1, -0.05) is 0 Å². The highest BCUT2D eigenvalue weighted by Gasteiger charge is 2.30. The summed E-state index contributed by atoms with van der Waals surface area (Å²) in [6.45, 7) is 6.81. The fourth-order valence-electron chi connectivity index (χ4n) is 2.50. The maximum absolute atomic E-state index is 12.2. The first-order valence-electron chi connectivity index (χ1n) is 6.43. The monoisotopic (exact) mass is 242 g/mol. The van der Waals surface area contributed by atoms with Gasteiger partial charge in [-0.25, -0.2) is 4.79 Å². The second kappa shape index (κ2) is 5.69. The van der Waals surface area contributed by atoms with E-state index in [9.17, 15) is 4.79 Å². The Kier molecular flexibility index (Phi) is 4.23. The lowest BCUT2D eigenvalue weighted by atomic mass is 10.1. The number of nitrogens with one attached hydrogen (secondary N) is 1. The zero-order valence-corrected chi connectivity index (χ0v) is 10.6. The lowest BCUT2D eigenvalue weighted by Crippen LogP contribution is -2.57. The fourth-order valence-corrected chi connectivity index (χ4v) is 2.50. The molecule has 0 saturated carbocycles. The van der Waals surface area contributed by atoms with Crippen molar-refractivity contribution in [2.24, 2.45) is 0 Å². The Morgan fingerprint density at radius 3 is 2.29 bits per heavy atom. The molecule has 0 aliphatic carbocycles. The average Bonchev–Trinajstić information content (AvgIpc) is 2.30. The van der Waals surface area contributed by atoms with Gasteiger partial charge in [0.2, 0.25) is 0 Å². The summed E-state index contributed by atoms with van der Waals surface area (Å²) in [6, 6.07) is 0.607. The number of carbonyl (C=O) groups excluding carboxylic acids is 1. The van der Waals surface area contributed by atoms with Crippen LogP contribution in [0, 0.1) is 0 Å². The van der Waals surface area contributed by atoms with Crippen molar-refractivity contribution in [1.29, 1.82) is 0 Å². The molecule has 0 aromatic carbocycles. The molecule has 0 spiro atoms. The predicted molar refractivity (Wildman–Crippen MR) is 64.0 cm³/mol. The number of nitrogens with zero attached hydrogens (tertiary/aromatic N) is 1. The Hall–Kier alpha value is -0.810. The maximum Gasteiger partial charge on any atom is 0.318 e. The third kappa shape index (κ3) is 3.10. The van der Waals surface area contributed by atoms with Crippen molar-refractivity contribution in [2.75, 3.05) is 26.4 Å². The number of urea groups is 1. The van der Waals surface area contributed by atoms with Gasteiger partial charge in [-0.2, -0.15) is 0 Å². The Morgan fingerprint density at radius 2 is 1.71 bits per heavy atom. The van der Waals surface area contributed by atoms with E-state index in [0.29, 0.717) is 13.2 Å². The molecule has 2 aliphatic rings. The van der Waals surface area contributed by atoms with Gasteiger partial charge in [-0.3, -0.25) is 0 Å². The van der Waals surface area contributed by atoms with Crippen LogP contribution >= 0.6 is 0 Å². The molecule has 2 atom stereocenters. The molecule has 2 unspecified atom stereocenters. The van der Waals surface area contributed by atoms with E-state index in [2.05, 4.69) is 5.32 Å². The van der Waals surface area contributed by atoms with Crippen molar-refractivity contribution in [1.82, 2.24) is 10.2 Å². The molecule has 2 fully saturated rings. The highest BCUT2D eigenvalue weighted by Crippen LogP contribution is 2.14. The second-order valence-electron chi connectivity index (χ2n) is 4.98. The first-order chi connectivity index (χ1) is 8.18. The molecule has 2 rings (SSSR count). The molecule has 2 amide bonds. The minimum atomic E-state index is 0.0419. The molecule has 5 heteroatoms. The number of hydrogen-bond acceptors (Lipinski definition) is 3. The van der Waals surface area contributed by atoms with Crippen LogP contribution in [0.3, 0.4) is 0 Å². The van der Waals surface area contributed by atoms with Gasteiger partial charge in [0.1, 0.15) is 0 Å². The Labute approximate surface area is 102 Å². The van der Waals surface area contributed by atoms with Crippen molar-refractivity contribution in [3.63, 3.8) is 0 Å². The molecule has 98 valence electrons. The number of morpholine rings is 1. The summed E-state index contributed by atoms with van der Waals surface area (Å²) in [5.74, 6) is 0. The van der Waals surface area contributed by atoms with E-state index in [1.165, 1.54) is 0 Å². The zero-order valence-electron chi connectivity index (χ0n) is 10.6. The molecule has 0 radical (unpaired) electrons. The van der Waals surface area contributed by atoms with Crippen LogP contribution in [-0.2, 0) is 9.47 Å². The number of ether oxygens (including phenoxy) is 2. The van der Waals surface area contributed by atoms with Gasteiger partial charge in [0.25, 0.3) is 0 Å². The molecule has 1 N–H and O–H groups in total. The van der Waals surface area contributed by atoms with Crippen LogP contribution in [0.25, 0.3) is 0 Å². The van der Waals surface area contributed by atoms with Gasteiger partial charge in [-0.05, 0) is 26.7 Å². The van der Waals surface area contributed by atoms with E-state index < -0.39 is 0 Å². The van der Waals surface area contributed by atoms with Gasteiger partial charge >= 0.3 is 6.03 Å². The predicted octanol–water partition coefficient (Wildman–Crippen LogP) is 0.984. The summed E-state index contributed by atoms with van der Waals surface area (Å²) < 4.78 is 10.7. The molecular weight excluding hydrogens is 220 g/mol. The van der Waals surface area contributed by atoms with E-state index >= 15 is 0 Å². The maximum atomic E-state index is 12.2. The normalized spacial score (nSPS) is 31.3. The van der Waals surface area contributed by atoms with Crippen LogP contribution in [0.4, 0.5) is 4.79 Å². The third-order valence-electron chi connectivity index (χ3n) is 3.45. The third-order valence-corrected chi connectivity index (χ3v) is 3.45. The lowest BCUT2D eigenvalue weighted by Gasteiger charge is -2.39. The van der Waals surface area contributed by atoms with E-state index in [-0.39, 0.29) is 24.2 Å².